The van der Waals surface area contributed by atoms with Crippen LogP contribution in [-0.2, 0) is 0 Å². The molecule has 7 heavy (non-hydrogen) atoms. The molecule has 0 radical (unpaired) electrons. The molecule has 0 saturated heterocycles. The van der Waals surface area contributed by atoms with Gasteiger partial charge in [-0.2, -0.15) is 0 Å². The summed E-state index contributed by atoms with van der Waals surface area (Å²) in [4.78, 5) is 0. The van der Waals surface area contributed by atoms with E-state index in [1.807, 2.05) is 0 Å². The highest BCUT2D eigenvalue weighted by Gasteiger charge is 1.82. The first-order valence-electron chi connectivity index (χ1n) is 1.80. The van der Waals surface area contributed by atoms with E-state index in [0.29, 0.717) is 5.69 Å². The van der Waals surface area contributed by atoms with Gasteiger partial charge in [-0.15, -0.1) is 6.42 Å². The first kappa shape index (κ1) is 3.94. The van der Waals surface area contributed by atoms with Crippen LogP contribution in [0.1, 0.15) is 5.69 Å². The van der Waals surface area contributed by atoms with Crippen molar-refractivity contribution in [1.82, 2.24) is 5.16 Å². The lowest BCUT2D eigenvalue weighted by Gasteiger charge is -1.63. The van der Waals surface area contributed by atoms with Gasteiger partial charge < -0.3 is 4.52 Å². The Morgan fingerprint density at radius 1 is 1.86 bits per heavy atom. The lowest BCUT2D eigenvalue weighted by atomic mass is 10.5. The molecule has 0 amide bonds. The summed E-state index contributed by atoms with van der Waals surface area (Å²) >= 11 is 0. The third-order valence-electron chi connectivity index (χ3n) is 0.586. The first-order valence-corrected chi connectivity index (χ1v) is 1.80. The minimum absolute atomic E-state index is 0.542. The summed E-state index contributed by atoms with van der Waals surface area (Å²) < 4.78 is 4.41. The smallest absolute Gasteiger partial charge is 0.156 e. The van der Waals surface area contributed by atoms with E-state index in [4.69, 9.17) is 6.42 Å². The zero-order valence-corrected chi connectivity index (χ0v) is 3.59. The average Bonchev–Trinajstić information content (AvgIpc) is 2.14. The molecule has 0 saturated carbocycles. The molecule has 0 unspecified atom stereocenters. The van der Waals surface area contributed by atoms with Crippen molar-refractivity contribution in [3.63, 3.8) is 0 Å². The average molecular weight is 93.1 g/mol. The number of terminal acetylenes is 1. The topological polar surface area (TPSA) is 26.0 Å². The van der Waals surface area contributed by atoms with Crippen LogP contribution in [0.4, 0.5) is 0 Å². The van der Waals surface area contributed by atoms with Gasteiger partial charge in [0.15, 0.2) is 5.69 Å². The van der Waals surface area contributed by atoms with E-state index in [9.17, 15) is 0 Å². The molecular formula is C5H3NO. The zero-order chi connectivity index (χ0) is 5.11. The van der Waals surface area contributed by atoms with Gasteiger partial charge >= 0.3 is 0 Å². The second kappa shape index (κ2) is 1.48. The van der Waals surface area contributed by atoms with Gasteiger partial charge in [-0.1, -0.05) is 5.16 Å². The SMILES string of the molecule is C#Cc1ccon1. The van der Waals surface area contributed by atoms with Crippen LogP contribution in [0.3, 0.4) is 0 Å². The summed E-state index contributed by atoms with van der Waals surface area (Å²) in [5.74, 6) is 2.30. The van der Waals surface area contributed by atoms with Crippen molar-refractivity contribution < 1.29 is 4.52 Å². The Kier molecular flexibility index (Phi) is 0.833. The molecule has 1 aromatic heterocycles. The lowest BCUT2D eigenvalue weighted by Crippen LogP contribution is -1.64. The molecule has 2 heteroatoms. The van der Waals surface area contributed by atoms with Gasteiger partial charge in [0.2, 0.25) is 0 Å². The largest absolute Gasteiger partial charge is 0.363 e. The lowest BCUT2D eigenvalue weighted by molar-refractivity contribution is 0.418. The molecule has 0 atom stereocenters. The van der Waals surface area contributed by atoms with Crippen LogP contribution in [0.15, 0.2) is 16.9 Å². The molecule has 0 N–H and O–H groups in total. The van der Waals surface area contributed by atoms with Crippen molar-refractivity contribution in [2.24, 2.45) is 0 Å². The van der Waals surface area contributed by atoms with Crippen LogP contribution in [0.25, 0.3) is 0 Å². The number of aromatic nitrogens is 1. The van der Waals surface area contributed by atoms with Crippen molar-refractivity contribution in [2.75, 3.05) is 0 Å². The quantitative estimate of drug-likeness (QED) is 0.440. The summed E-state index contributed by atoms with van der Waals surface area (Å²) in [6.45, 7) is 0. The predicted molar refractivity (Wildman–Crippen MR) is 24.4 cm³/mol. The van der Waals surface area contributed by atoms with Crippen molar-refractivity contribution in [1.29, 1.82) is 0 Å². The highest BCUT2D eigenvalue weighted by molar-refractivity contribution is 5.19. The normalized spacial score (nSPS) is 7.86. The van der Waals surface area contributed by atoms with Crippen molar-refractivity contribution in [3.05, 3.63) is 18.0 Å². The van der Waals surface area contributed by atoms with Gasteiger partial charge in [-0.05, 0) is 5.92 Å². The fourth-order valence-corrected chi connectivity index (χ4v) is 0.287. The van der Waals surface area contributed by atoms with Crippen LogP contribution in [0.2, 0.25) is 0 Å². The molecule has 0 aliphatic carbocycles. The van der Waals surface area contributed by atoms with Crippen molar-refractivity contribution in [2.45, 2.75) is 0 Å². The van der Waals surface area contributed by atoms with Crippen LogP contribution >= 0.6 is 0 Å². The second-order valence-corrected chi connectivity index (χ2v) is 1.03. The highest BCUT2D eigenvalue weighted by atomic mass is 16.5. The maximum atomic E-state index is 4.92. The summed E-state index contributed by atoms with van der Waals surface area (Å²) in [6, 6.07) is 1.62. The standard InChI is InChI=1S/C5H3NO/c1-2-5-3-4-7-6-5/h1,3-4H. The van der Waals surface area contributed by atoms with Gasteiger partial charge in [-0.3, -0.25) is 0 Å². The van der Waals surface area contributed by atoms with Gasteiger partial charge in [0, 0.05) is 6.07 Å². The van der Waals surface area contributed by atoms with E-state index in [2.05, 4.69) is 15.6 Å². The summed E-state index contributed by atoms with van der Waals surface area (Å²) in [7, 11) is 0. The third-order valence-corrected chi connectivity index (χ3v) is 0.586. The summed E-state index contributed by atoms with van der Waals surface area (Å²) in [5.41, 5.74) is 0.542. The van der Waals surface area contributed by atoms with E-state index >= 15 is 0 Å². The van der Waals surface area contributed by atoms with Crippen LogP contribution in [-0.4, -0.2) is 5.16 Å². The Morgan fingerprint density at radius 2 is 2.71 bits per heavy atom. The van der Waals surface area contributed by atoms with E-state index in [0.717, 1.165) is 0 Å². The second-order valence-electron chi connectivity index (χ2n) is 1.03. The van der Waals surface area contributed by atoms with Gasteiger partial charge in [-0.25, -0.2) is 0 Å². The predicted octanol–water partition coefficient (Wildman–Crippen LogP) is 0.656. The van der Waals surface area contributed by atoms with Crippen LogP contribution < -0.4 is 0 Å². The molecule has 0 bridgehead atoms. The molecule has 1 rings (SSSR count). The molecule has 2 nitrogen and oxygen atoms in total. The van der Waals surface area contributed by atoms with Gasteiger partial charge in [0.05, 0.1) is 0 Å². The van der Waals surface area contributed by atoms with Crippen molar-refractivity contribution in [3.8, 4) is 12.3 Å². The number of hydrogen-bond acceptors (Lipinski definition) is 2. The minimum Gasteiger partial charge on any atom is -0.363 e. The van der Waals surface area contributed by atoms with Gasteiger partial charge in [0.1, 0.15) is 6.26 Å². The highest BCUT2D eigenvalue weighted by Crippen LogP contribution is 1.87. The summed E-state index contributed by atoms with van der Waals surface area (Å²) in [5, 5.41) is 3.42. The van der Waals surface area contributed by atoms with E-state index in [1.54, 1.807) is 6.07 Å². The maximum Gasteiger partial charge on any atom is 0.156 e. The summed E-state index contributed by atoms with van der Waals surface area (Å²) in [6.07, 6.45) is 6.36. The molecule has 34 valence electrons. The van der Waals surface area contributed by atoms with E-state index in [1.165, 1.54) is 6.26 Å². The number of nitrogens with zero attached hydrogens (tertiary/aromatic N) is 1. The number of rotatable bonds is 0. The van der Waals surface area contributed by atoms with Crippen LogP contribution in [0.5, 0.6) is 0 Å². The monoisotopic (exact) mass is 93.0 g/mol. The Morgan fingerprint density at radius 3 is 3.00 bits per heavy atom. The third kappa shape index (κ3) is 0.606. The molecule has 0 aliphatic rings. The maximum absolute atomic E-state index is 4.92. The fourth-order valence-electron chi connectivity index (χ4n) is 0.287. The zero-order valence-electron chi connectivity index (χ0n) is 3.59. The van der Waals surface area contributed by atoms with Gasteiger partial charge in [0.25, 0.3) is 0 Å². The fraction of sp³-hybridized carbons (Fsp3) is 0. The van der Waals surface area contributed by atoms with E-state index in [-0.39, 0.29) is 0 Å². The van der Waals surface area contributed by atoms with E-state index < -0.39 is 0 Å². The molecule has 1 aromatic rings. The Hall–Kier alpha value is -1.23. The Balaban J connectivity index is 3.04. The Bertz CT molecular complexity index is 170. The molecule has 0 spiro atoms. The molecule has 0 fully saturated rings. The molecule has 0 aliphatic heterocycles. The number of hydrogen-bond donors (Lipinski definition) is 0. The van der Waals surface area contributed by atoms with Crippen LogP contribution in [0, 0.1) is 12.3 Å². The molecule has 1 heterocycles. The molecular weight excluding hydrogens is 90.1 g/mol. The first-order chi connectivity index (χ1) is 3.43. The minimum atomic E-state index is 0.542. The van der Waals surface area contributed by atoms with Crippen molar-refractivity contribution >= 4 is 0 Å². The molecule has 0 aromatic carbocycles. The Labute approximate surface area is 41.1 Å².